The number of amides is 2. The number of sulfonamides is 1. The summed E-state index contributed by atoms with van der Waals surface area (Å²) >= 11 is 0. The van der Waals surface area contributed by atoms with Gasteiger partial charge in [-0.15, -0.1) is 0 Å². The maximum absolute atomic E-state index is 13.6. The van der Waals surface area contributed by atoms with E-state index >= 15 is 0 Å². The zero-order chi connectivity index (χ0) is 24.8. The second kappa shape index (κ2) is 11.3. The molecule has 0 spiro atoms. The van der Waals surface area contributed by atoms with E-state index in [9.17, 15) is 18.0 Å². The van der Waals surface area contributed by atoms with E-state index in [0.717, 1.165) is 32.8 Å². The van der Waals surface area contributed by atoms with Gasteiger partial charge >= 0.3 is 0 Å². The van der Waals surface area contributed by atoms with E-state index in [0.29, 0.717) is 18.7 Å². The van der Waals surface area contributed by atoms with Crippen molar-refractivity contribution in [1.29, 1.82) is 0 Å². The highest BCUT2D eigenvalue weighted by Gasteiger charge is 2.32. The van der Waals surface area contributed by atoms with Gasteiger partial charge in [0.25, 0.3) is 0 Å². The Labute approximate surface area is 197 Å². The van der Waals surface area contributed by atoms with E-state index in [-0.39, 0.29) is 19.0 Å². The molecule has 8 heteroatoms. The molecule has 0 aliphatic rings. The van der Waals surface area contributed by atoms with Gasteiger partial charge in [0.05, 0.1) is 11.9 Å². The molecule has 2 aromatic carbocycles. The van der Waals surface area contributed by atoms with Crippen LogP contribution >= 0.6 is 0 Å². The summed E-state index contributed by atoms with van der Waals surface area (Å²) in [5.74, 6) is -0.679. The Bertz CT molecular complexity index is 1080. The van der Waals surface area contributed by atoms with Gasteiger partial charge in [0, 0.05) is 13.1 Å². The molecule has 0 saturated carbocycles. The van der Waals surface area contributed by atoms with Gasteiger partial charge < -0.3 is 10.2 Å². The van der Waals surface area contributed by atoms with Gasteiger partial charge in [0.1, 0.15) is 12.6 Å². The monoisotopic (exact) mass is 473 g/mol. The molecular weight excluding hydrogens is 438 g/mol. The molecule has 1 unspecified atom stereocenters. The van der Waals surface area contributed by atoms with E-state index < -0.39 is 22.0 Å². The first kappa shape index (κ1) is 26.4. The van der Waals surface area contributed by atoms with Gasteiger partial charge in [-0.25, -0.2) is 8.42 Å². The Balaban J connectivity index is 2.49. The summed E-state index contributed by atoms with van der Waals surface area (Å²) in [5, 5.41) is 2.80. The summed E-state index contributed by atoms with van der Waals surface area (Å²) in [6, 6.07) is 12.5. The normalized spacial score (nSPS) is 12.2. The average Bonchev–Trinajstić information content (AvgIpc) is 2.72. The highest BCUT2D eigenvalue weighted by atomic mass is 32.2. The van der Waals surface area contributed by atoms with Gasteiger partial charge in [-0.3, -0.25) is 13.9 Å². The highest BCUT2D eigenvalue weighted by Crippen LogP contribution is 2.27. The van der Waals surface area contributed by atoms with Crippen LogP contribution in [0.2, 0.25) is 0 Å². The largest absolute Gasteiger partial charge is 0.355 e. The first-order valence-corrected chi connectivity index (χ1v) is 13.0. The van der Waals surface area contributed by atoms with Crippen LogP contribution in [-0.2, 0) is 26.2 Å². The number of para-hydroxylation sites is 1. The minimum absolute atomic E-state index is 0.209. The Morgan fingerprint density at radius 3 is 2.12 bits per heavy atom. The van der Waals surface area contributed by atoms with Crippen LogP contribution in [0.4, 0.5) is 5.69 Å². The molecule has 0 aromatic heterocycles. The molecule has 0 radical (unpaired) electrons. The van der Waals surface area contributed by atoms with Crippen molar-refractivity contribution < 1.29 is 18.0 Å². The Kier molecular flexibility index (Phi) is 9.05. The highest BCUT2D eigenvalue weighted by molar-refractivity contribution is 7.92. The minimum Gasteiger partial charge on any atom is -0.355 e. The Morgan fingerprint density at radius 1 is 1.00 bits per heavy atom. The third kappa shape index (κ3) is 6.81. The quantitative estimate of drug-likeness (QED) is 0.574. The number of likely N-dealkylation sites (N-methyl/N-ethyl adjacent to an activating group) is 1. The Hall–Kier alpha value is -2.87. The zero-order valence-electron chi connectivity index (χ0n) is 20.4. The number of hydrogen-bond acceptors (Lipinski definition) is 4. The third-order valence-corrected chi connectivity index (χ3v) is 6.65. The van der Waals surface area contributed by atoms with Crippen LogP contribution in [0, 0.1) is 20.8 Å². The molecule has 0 heterocycles. The number of aryl methyl sites for hydroxylation is 3. The number of benzene rings is 2. The summed E-state index contributed by atoms with van der Waals surface area (Å²) in [4.78, 5) is 27.9. The lowest BCUT2D eigenvalue weighted by Crippen LogP contribution is -2.52. The van der Waals surface area contributed by atoms with Crippen LogP contribution in [0.1, 0.15) is 42.5 Å². The molecule has 2 rings (SSSR count). The van der Waals surface area contributed by atoms with E-state index in [1.165, 1.54) is 4.90 Å². The summed E-state index contributed by atoms with van der Waals surface area (Å²) in [6.45, 7) is 9.54. The average molecular weight is 474 g/mol. The topological polar surface area (TPSA) is 86.8 Å². The number of hydrogen-bond donors (Lipinski definition) is 1. The van der Waals surface area contributed by atoms with Gasteiger partial charge in [0.2, 0.25) is 21.8 Å². The van der Waals surface area contributed by atoms with Crippen molar-refractivity contribution in [2.24, 2.45) is 0 Å². The SMILES string of the molecule is CCNC(=O)C(CC)N(Cc1cccc(C)c1)C(=O)CN(c1c(C)cccc1C)S(C)(=O)=O. The van der Waals surface area contributed by atoms with Gasteiger partial charge in [-0.1, -0.05) is 55.0 Å². The maximum atomic E-state index is 13.6. The molecule has 7 nitrogen and oxygen atoms in total. The number of anilines is 1. The lowest BCUT2D eigenvalue weighted by molar-refractivity contribution is -0.140. The van der Waals surface area contributed by atoms with E-state index in [1.807, 2.05) is 77.1 Å². The number of nitrogens with zero attached hydrogens (tertiary/aromatic N) is 2. The van der Waals surface area contributed by atoms with Crippen molar-refractivity contribution in [2.75, 3.05) is 23.7 Å². The number of rotatable bonds is 10. The zero-order valence-corrected chi connectivity index (χ0v) is 21.2. The number of carbonyl (C=O) groups is 2. The molecular formula is C25H35N3O4S. The fourth-order valence-corrected chi connectivity index (χ4v) is 4.96. The van der Waals surface area contributed by atoms with Crippen molar-refractivity contribution in [2.45, 2.75) is 53.6 Å². The molecule has 0 aliphatic carbocycles. The van der Waals surface area contributed by atoms with E-state index in [1.54, 1.807) is 0 Å². The van der Waals surface area contributed by atoms with Crippen LogP contribution in [0.15, 0.2) is 42.5 Å². The number of nitrogens with one attached hydrogen (secondary N) is 1. The first-order chi connectivity index (χ1) is 15.5. The van der Waals surface area contributed by atoms with Crippen molar-refractivity contribution in [3.05, 3.63) is 64.7 Å². The van der Waals surface area contributed by atoms with Crippen LogP contribution in [-0.4, -0.2) is 50.5 Å². The van der Waals surface area contributed by atoms with Crippen LogP contribution in [0.3, 0.4) is 0 Å². The van der Waals surface area contributed by atoms with Crippen LogP contribution < -0.4 is 9.62 Å². The van der Waals surface area contributed by atoms with Gasteiger partial charge in [-0.05, 0) is 50.8 Å². The molecule has 1 atom stereocenters. The maximum Gasteiger partial charge on any atom is 0.244 e. The third-order valence-electron chi connectivity index (χ3n) is 5.54. The summed E-state index contributed by atoms with van der Waals surface area (Å²) < 4.78 is 26.6. The molecule has 180 valence electrons. The van der Waals surface area contributed by atoms with E-state index in [4.69, 9.17) is 0 Å². The molecule has 0 fully saturated rings. The van der Waals surface area contributed by atoms with E-state index in [2.05, 4.69) is 5.32 Å². The first-order valence-electron chi connectivity index (χ1n) is 11.2. The molecule has 0 aliphatic heterocycles. The summed E-state index contributed by atoms with van der Waals surface area (Å²) in [7, 11) is -3.75. The Morgan fingerprint density at radius 2 is 1.61 bits per heavy atom. The lowest BCUT2D eigenvalue weighted by Gasteiger charge is -2.33. The summed E-state index contributed by atoms with van der Waals surface area (Å²) in [5.41, 5.74) is 3.93. The van der Waals surface area contributed by atoms with Crippen molar-refractivity contribution in [3.8, 4) is 0 Å². The van der Waals surface area contributed by atoms with Crippen molar-refractivity contribution >= 4 is 27.5 Å². The fraction of sp³-hybridized carbons (Fsp3) is 0.440. The minimum atomic E-state index is -3.75. The van der Waals surface area contributed by atoms with Crippen LogP contribution in [0.5, 0.6) is 0 Å². The fourth-order valence-electron chi connectivity index (χ4n) is 3.99. The molecule has 0 saturated heterocycles. The summed E-state index contributed by atoms with van der Waals surface area (Å²) in [6.07, 6.45) is 1.50. The lowest BCUT2D eigenvalue weighted by atomic mass is 10.1. The molecule has 0 bridgehead atoms. The second-order valence-corrected chi connectivity index (χ2v) is 10.2. The van der Waals surface area contributed by atoms with Gasteiger partial charge in [-0.2, -0.15) is 0 Å². The predicted molar refractivity (Wildman–Crippen MR) is 133 cm³/mol. The van der Waals surface area contributed by atoms with Gasteiger partial charge in [0.15, 0.2) is 0 Å². The second-order valence-electron chi connectivity index (χ2n) is 8.34. The van der Waals surface area contributed by atoms with Crippen LogP contribution in [0.25, 0.3) is 0 Å². The standard InChI is InChI=1S/C25H35N3O4S/c1-7-22(25(30)26-8-2)27(16-21-14-9-11-18(3)15-21)23(29)17-28(33(6,31)32)24-19(4)12-10-13-20(24)5/h9-15,22H,7-8,16-17H2,1-6H3,(H,26,30). The molecule has 33 heavy (non-hydrogen) atoms. The predicted octanol–water partition coefficient (Wildman–Crippen LogP) is 3.32. The van der Waals surface area contributed by atoms with Crippen molar-refractivity contribution in [3.63, 3.8) is 0 Å². The molecule has 1 N–H and O–H groups in total. The molecule has 2 aromatic rings. The molecule has 2 amide bonds. The van der Waals surface area contributed by atoms with Crippen molar-refractivity contribution in [1.82, 2.24) is 10.2 Å². The number of carbonyl (C=O) groups excluding carboxylic acids is 2. The smallest absolute Gasteiger partial charge is 0.244 e.